The van der Waals surface area contributed by atoms with Gasteiger partial charge in [0.2, 0.25) is 0 Å². The van der Waals surface area contributed by atoms with Gasteiger partial charge >= 0.3 is 5.69 Å². The lowest BCUT2D eigenvalue weighted by molar-refractivity contribution is -0.0652. The summed E-state index contributed by atoms with van der Waals surface area (Å²) in [5, 5.41) is 29.1. The van der Waals surface area contributed by atoms with E-state index in [2.05, 4.69) is 4.98 Å². The van der Waals surface area contributed by atoms with Crippen LogP contribution in [0.1, 0.15) is 18.6 Å². The van der Waals surface area contributed by atoms with Crippen LogP contribution >= 0.6 is 0 Å². The van der Waals surface area contributed by atoms with Crippen molar-refractivity contribution in [2.45, 2.75) is 30.8 Å². The van der Waals surface area contributed by atoms with Crippen LogP contribution in [0.5, 0.6) is 0 Å². The Morgan fingerprint density at radius 3 is 2.68 bits per heavy atom. The number of rotatable bonds is 2. The fourth-order valence-corrected chi connectivity index (χ4v) is 2.22. The molecule has 8 nitrogen and oxygen atoms in total. The molecular formula is C11H16N2O6. The summed E-state index contributed by atoms with van der Waals surface area (Å²) in [7, 11) is 1.44. The molecule has 106 valence electrons. The normalized spacial score (nSPS) is 34.7. The van der Waals surface area contributed by atoms with Crippen molar-refractivity contribution < 1.29 is 20.1 Å². The first kappa shape index (κ1) is 13.9. The van der Waals surface area contributed by atoms with Crippen LogP contribution in [-0.2, 0) is 11.8 Å². The van der Waals surface area contributed by atoms with Gasteiger partial charge in [0.15, 0.2) is 0 Å². The van der Waals surface area contributed by atoms with E-state index in [1.165, 1.54) is 20.2 Å². The number of aliphatic hydroxyl groups excluding tert-OH is 2. The van der Waals surface area contributed by atoms with Crippen LogP contribution in [0.3, 0.4) is 0 Å². The second-order valence-corrected chi connectivity index (χ2v) is 4.86. The molecule has 1 fully saturated rings. The van der Waals surface area contributed by atoms with Crippen molar-refractivity contribution in [3.8, 4) is 0 Å². The minimum Gasteiger partial charge on any atom is -0.394 e. The molecule has 0 bridgehead atoms. The van der Waals surface area contributed by atoms with Crippen LogP contribution in [0.2, 0.25) is 0 Å². The number of aromatic amines is 1. The molecule has 1 aliphatic rings. The first-order valence-electron chi connectivity index (χ1n) is 5.75. The molecule has 4 N–H and O–H groups in total. The van der Waals surface area contributed by atoms with Crippen LogP contribution in [0.15, 0.2) is 15.8 Å². The Balaban J connectivity index is 2.51. The fourth-order valence-electron chi connectivity index (χ4n) is 2.22. The van der Waals surface area contributed by atoms with Gasteiger partial charge in [0.1, 0.15) is 23.9 Å². The summed E-state index contributed by atoms with van der Waals surface area (Å²) >= 11 is 0. The highest BCUT2D eigenvalue weighted by Gasteiger charge is 2.53. The maximum atomic E-state index is 11.8. The van der Waals surface area contributed by atoms with Crippen molar-refractivity contribution in [3.05, 3.63) is 32.6 Å². The third-order valence-electron chi connectivity index (χ3n) is 3.39. The van der Waals surface area contributed by atoms with Gasteiger partial charge in [-0.3, -0.25) is 9.78 Å². The van der Waals surface area contributed by atoms with E-state index in [-0.39, 0.29) is 5.56 Å². The van der Waals surface area contributed by atoms with Gasteiger partial charge in [-0.05, 0) is 6.92 Å². The van der Waals surface area contributed by atoms with Gasteiger partial charge in [-0.2, -0.15) is 0 Å². The summed E-state index contributed by atoms with van der Waals surface area (Å²) in [6, 6.07) is 0. The van der Waals surface area contributed by atoms with Gasteiger partial charge in [0.05, 0.1) is 12.2 Å². The molecule has 2 heterocycles. The number of nitrogens with zero attached hydrogens (tertiary/aromatic N) is 1. The van der Waals surface area contributed by atoms with Crippen molar-refractivity contribution >= 4 is 0 Å². The number of ether oxygens (including phenoxy) is 1. The molecule has 4 atom stereocenters. The lowest BCUT2D eigenvalue weighted by atomic mass is 9.90. The number of aliphatic hydroxyl groups is 3. The molecule has 0 radical (unpaired) electrons. The zero-order chi connectivity index (χ0) is 14.4. The smallest absolute Gasteiger partial charge is 0.328 e. The van der Waals surface area contributed by atoms with Gasteiger partial charge in [0.25, 0.3) is 5.56 Å². The first-order valence-corrected chi connectivity index (χ1v) is 5.75. The Morgan fingerprint density at radius 2 is 2.16 bits per heavy atom. The number of H-pyrrole nitrogens is 1. The van der Waals surface area contributed by atoms with Crippen LogP contribution in [0.25, 0.3) is 0 Å². The van der Waals surface area contributed by atoms with E-state index in [1.54, 1.807) is 0 Å². The summed E-state index contributed by atoms with van der Waals surface area (Å²) < 4.78 is 6.45. The van der Waals surface area contributed by atoms with E-state index in [4.69, 9.17) is 9.84 Å². The van der Waals surface area contributed by atoms with E-state index in [1.807, 2.05) is 0 Å². The van der Waals surface area contributed by atoms with E-state index >= 15 is 0 Å². The Labute approximate surface area is 107 Å². The molecule has 0 aliphatic carbocycles. The number of nitrogens with one attached hydrogen (secondary N) is 1. The van der Waals surface area contributed by atoms with E-state index in [9.17, 15) is 19.8 Å². The second kappa shape index (κ2) is 4.57. The van der Waals surface area contributed by atoms with Gasteiger partial charge in [-0.25, -0.2) is 4.79 Å². The minimum atomic E-state index is -1.74. The van der Waals surface area contributed by atoms with Gasteiger partial charge in [0, 0.05) is 13.2 Å². The number of hydrogen-bond donors (Lipinski definition) is 4. The molecule has 1 aromatic rings. The topological polar surface area (TPSA) is 125 Å². The van der Waals surface area contributed by atoms with Gasteiger partial charge in [-0.1, -0.05) is 0 Å². The molecule has 2 rings (SSSR count). The largest absolute Gasteiger partial charge is 0.394 e. The number of aryl methyl sites for hydroxylation is 1. The highest BCUT2D eigenvalue weighted by molar-refractivity contribution is 5.18. The summed E-state index contributed by atoms with van der Waals surface area (Å²) in [4.78, 5) is 25.1. The molecule has 1 aromatic heterocycles. The van der Waals surface area contributed by atoms with Crippen LogP contribution in [0, 0.1) is 0 Å². The average Bonchev–Trinajstić information content (AvgIpc) is 2.56. The monoisotopic (exact) mass is 272 g/mol. The highest BCUT2D eigenvalue weighted by atomic mass is 16.6. The third kappa shape index (κ3) is 2.12. The molecular weight excluding hydrogens is 256 g/mol. The van der Waals surface area contributed by atoms with E-state index in [0.29, 0.717) is 0 Å². The number of hydrogen-bond acceptors (Lipinski definition) is 6. The summed E-state index contributed by atoms with van der Waals surface area (Å²) in [5.74, 6) is 0. The lowest BCUT2D eigenvalue weighted by Gasteiger charge is -2.26. The van der Waals surface area contributed by atoms with Crippen molar-refractivity contribution in [1.29, 1.82) is 0 Å². The van der Waals surface area contributed by atoms with Gasteiger partial charge in [-0.15, -0.1) is 0 Å². The second-order valence-electron chi connectivity index (χ2n) is 4.86. The Morgan fingerprint density at radius 1 is 1.53 bits per heavy atom. The Kier molecular flexibility index (Phi) is 3.35. The fraction of sp³-hybridized carbons (Fsp3) is 0.636. The van der Waals surface area contributed by atoms with Crippen LogP contribution in [-0.4, -0.2) is 49.3 Å². The molecule has 19 heavy (non-hydrogen) atoms. The van der Waals surface area contributed by atoms with Crippen molar-refractivity contribution in [1.82, 2.24) is 9.55 Å². The van der Waals surface area contributed by atoms with Crippen molar-refractivity contribution in [2.75, 3.05) is 6.61 Å². The standard InChI is InChI=1S/C11H16N2O6/c1-11(18)7(15)6(4-14)19-8(11)5-3-13(2)10(17)12-9(5)16/h3,6-8,14-15,18H,4H2,1-2H3,(H,12,16,17)/t6-,7-,8+,11-/m1/s1. The maximum Gasteiger partial charge on any atom is 0.328 e. The third-order valence-corrected chi connectivity index (χ3v) is 3.39. The van der Waals surface area contributed by atoms with E-state index in [0.717, 1.165) is 4.57 Å². The quantitative estimate of drug-likeness (QED) is 0.476. The van der Waals surface area contributed by atoms with Crippen molar-refractivity contribution in [2.24, 2.45) is 7.05 Å². The minimum absolute atomic E-state index is 0.0158. The zero-order valence-electron chi connectivity index (χ0n) is 10.5. The Bertz CT molecular complexity index is 590. The molecule has 0 aromatic carbocycles. The molecule has 0 amide bonds. The van der Waals surface area contributed by atoms with Crippen LogP contribution in [0.4, 0.5) is 0 Å². The van der Waals surface area contributed by atoms with Crippen molar-refractivity contribution in [3.63, 3.8) is 0 Å². The predicted molar refractivity (Wildman–Crippen MR) is 63.6 cm³/mol. The molecule has 8 heteroatoms. The molecule has 0 unspecified atom stereocenters. The molecule has 1 aliphatic heterocycles. The molecule has 1 saturated heterocycles. The SMILES string of the molecule is Cn1cc([C@@H]2O[C@H](CO)[C@@H](O)[C@@]2(C)O)c(=O)[nH]c1=O. The summed E-state index contributed by atoms with van der Waals surface area (Å²) in [6.45, 7) is 0.819. The summed E-state index contributed by atoms with van der Waals surface area (Å²) in [5.41, 5.74) is -3.01. The Hall–Kier alpha value is -1.48. The zero-order valence-corrected chi connectivity index (χ0v) is 10.5. The van der Waals surface area contributed by atoms with Crippen LogP contribution < -0.4 is 11.2 Å². The highest BCUT2D eigenvalue weighted by Crippen LogP contribution is 2.39. The lowest BCUT2D eigenvalue weighted by Crippen LogP contribution is -2.44. The first-order chi connectivity index (χ1) is 8.78. The summed E-state index contributed by atoms with van der Waals surface area (Å²) in [6.07, 6.45) is -2.21. The van der Waals surface area contributed by atoms with E-state index < -0.39 is 41.8 Å². The maximum absolute atomic E-state index is 11.8. The average molecular weight is 272 g/mol. The molecule has 0 spiro atoms. The predicted octanol–water partition coefficient (Wildman–Crippen LogP) is -2.38. The number of aromatic nitrogens is 2. The van der Waals surface area contributed by atoms with Gasteiger partial charge < -0.3 is 24.6 Å². The molecule has 0 saturated carbocycles.